The average molecular weight is 472 g/mol. The number of ether oxygens (including phenoxy) is 2. The third kappa shape index (κ3) is 4.65. The predicted molar refractivity (Wildman–Crippen MR) is 132 cm³/mol. The minimum atomic E-state index is -0.443. The fraction of sp³-hybridized carbons (Fsp3) is 0.345. The topological polar surface area (TPSA) is 81.7 Å². The summed E-state index contributed by atoms with van der Waals surface area (Å²) in [5.41, 5.74) is 4.90. The second kappa shape index (κ2) is 9.53. The van der Waals surface area contributed by atoms with Crippen LogP contribution in [-0.2, 0) is 19.1 Å². The number of benzene rings is 2. The second-order valence-corrected chi connectivity index (χ2v) is 9.49. The number of rotatable bonds is 5. The van der Waals surface area contributed by atoms with Crippen LogP contribution in [0, 0.1) is 13.8 Å². The van der Waals surface area contributed by atoms with Crippen LogP contribution in [0.4, 0.5) is 5.69 Å². The van der Waals surface area contributed by atoms with Crippen LogP contribution in [0.25, 0.3) is 0 Å². The first kappa shape index (κ1) is 23.1. The van der Waals surface area contributed by atoms with Crippen LogP contribution in [0.1, 0.15) is 61.1 Å². The van der Waals surface area contributed by atoms with Gasteiger partial charge in [-0.3, -0.25) is 14.4 Å². The van der Waals surface area contributed by atoms with Gasteiger partial charge in [-0.05, 0) is 56.0 Å². The first-order valence-electron chi connectivity index (χ1n) is 12.2. The molecular formula is C29H29NO5. The second-order valence-electron chi connectivity index (χ2n) is 9.49. The highest BCUT2D eigenvalue weighted by atomic mass is 16.5. The quantitative estimate of drug-likeness (QED) is 0.627. The number of hydrogen-bond donors (Lipinski definition) is 1. The van der Waals surface area contributed by atoms with E-state index in [1.807, 2.05) is 50.2 Å². The summed E-state index contributed by atoms with van der Waals surface area (Å²) in [5.74, 6) is 1.31. The Morgan fingerprint density at radius 1 is 0.943 bits per heavy atom. The lowest BCUT2D eigenvalue weighted by atomic mass is 9.73. The van der Waals surface area contributed by atoms with Crippen molar-refractivity contribution in [1.29, 1.82) is 0 Å². The number of hydrogen-bond acceptors (Lipinski definition) is 5. The molecule has 1 amide bonds. The molecule has 0 bridgehead atoms. The molecule has 1 aliphatic heterocycles. The third-order valence-electron chi connectivity index (χ3n) is 6.86. The molecule has 35 heavy (non-hydrogen) atoms. The van der Waals surface area contributed by atoms with E-state index in [-0.39, 0.29) is 24.1 Å². The number of allylic oxidation sites excluding steroid dienone is 4. The molecule has 2 aliphatic carbocycles. The zero-order chi connectivity index (χ0) is 24.5. The lowest BCUT2D eigenvalue weighted by Crippen LogP contribution is -2.30. The standard InChI is InChI=1S/C29H29NO5/c1-17-12-13-21(18(2)14-17)30-26(33)16-34-20-7-3-6-19(15-20)27-28-22(31)8-4-10-24(28)35-25-11-5-9-23(32)29(25)27/h3,6-7,12-15,27H,4-5,8-11,16H2,1-2H3,(H,30,33). The van der Waals surface area contributed by atoms with Crippen LogP contribution >= 0.6 is 0 Å². The van der Waals surface area contributed by atoms with Gasteiger partial charge in [0.2, 0.25) is 0 Å². The van der Waals surface area contributed by atoms with Crippen molar-refractivity contribution in [2.75, 3.05) is 11.9 Å². The molecule has 0 saturated heterocycles. The number of carbonyl (C=O) groups excluding carboxylic acids is 3. The molecule has 2 aromatic rings. The van der Waals surface area contributed by atoms with E-state index in [4.69, 9.17) is 9.47 Å². The van der Waals surface area contributed by atoms with Gasteiger partial charge in [0.1, 0.15) is 17.3 Å². The molecule has 0 atom stereocenters. The molecule has 5 rings (SSSR count). The Bertz CT molecular complexity index is 1240. The molecule has 180 valence electrons. The molecular weight excluding hydrogens is 442 g/mol. The van der Waals surface area contributed by atoms with Gasteiger partial charge in [0.05, 0.1) is 0 Å². The largest absolute Gasteiger partial charge is 0.484 e. The van der Waals surface area contributed by atoms with E-state index in [9.17, 15) is 14.4 Å². The molecule has 0 saturated carbocycles. The monoisotopic (exact) mass is 471 g/mol. The SMILES string of the molecule is Cc1ccc(NC(=O)COc2cccc(C3C4=C(CCCC4=O)OC4=C3C(=O)CCC4)c2)c(C)c1. The summed E-state index contributed by atoms with van der Waals surface area (Å²) >= 11 is 0. The van der Waals surface area contributed by atoms with Crippen molar-refractivity contribution >= 4 is 23.2 Å². The highest BCUT2D eigenvalue weighted by Gasteiger charge is 2.41. The number of nitrogens with one attached hydrogen (secondary N) is 1. The van der Waals surface area contributed by atoms with E-state index in [1.165, 1.54) is 0 Å². The normalized spacial score (nSPS) is 18.1. The van der Waals surface area contributed by atoms with E-state index in [0.717, 1.165) is 35.2 Å². The molecule has 0 aromatic heterocycles. The highest BCUT2D eigenvalue weighted by Crippen LogP contribution is 2.48. The van der Waals surface area contributed by atoms with Gasteiger partial charge >= 0.3 is 0 Å². The molecule has 1 heterocycles. The molecule has 6 nitrogen and oxygen atoms in total. The highest BCUT2D eigenvalue weighted by molar-refractivity contribution is 6.05. The maximum Gasteiger partial charge on any atom is 0.262 e. The van der Waals surface area contributed by atoms with Crippen LogP contribution < -0.4 is 10.1 Å². The fourth-order valence-corrected chi connectivity index (χ4v) is 5.22. The van der Waals surface area contributed by atoms with Crippen molar-refractivity contribution < 1.29 is 23.9 Å². The van der Waals surface area contributed by atoms with Gasteiger partial charge < -0.3 is 14.8 Å². The molecule has 6 heteroatoms. The predicted octanol–water partition coefficient (Wildman–Crippen LogP) is 5.45. The smallest absolute Gasteiger partial charge is 0.262 e. The average Bonchev–Trinajstić information content (AvgIpc) is 2.84. The molecule has 3 aliphatic rings. The Kier molecular flexibility index (Phi) is 6.29. The minimum Gasteiger partial charge on any atom is -0.484 e. The number of aryl methyl sites for hydroxylation is 2. The zero-order valence-corrected chi connectivity index (χ0v) is 20.1. The van der Waals surface area contributed by atoms with E-state index in [0.29, 0.717) is 54.1 Å². The summed E-state index contributed by atoms with van der Waals surface area (Å²) in [6.45, 7) is 3.81. The molecule has 2 aromatic carbocycles. The molecule has 0 fully saturated rings. The lowest BCUT2D eigenvalue weighted by Gasteiger charge is -2.36. The van der Waals surface area contributed by atoms with Gasteiger partial charge in [-0.15, -0.1) is 0 Å². The Morgan fingerprint density at radius 2 is 1.63 bits per heavy atom. The van der Waals surface area contributed by atoms with Crippen molar-refractivity contribution in [3.63, 3.8) is 0 Å². The van der Waals surface area contributed by atoms with Crippen LogP contribution in [0.3, 0.4) is 0 Å². The van der Waals surface area contributed by atoms with Crippen molar-refractivity contribution in [3.05, 3.63) is 81.8 Å². The fourth-order valence-electron chi connectivity index (χ4n) is 5.22. The summed E-state index contributed by atoms with van der Waals surface area (Å²) in [6, 6.07) is 13.2. The summed E-state index contributed by atoms with van der Waals surface area (Å²) in [5, 5.41) is 2.89. The molecule has 1 N–H and O–H groups in total. The minimum absolute atomic E-state index is 0.0420. The third-order valence-corrected chi connectivity index (χ3v) is 6.86. The van der Waals surface area contributed by atoms with Gasteiger partial charge in [0.15, 0.2) is 18.2 Å². The van der Waals surface area contributed by atoms with Gasteiger partial charge in [0.25, 0.3) is 5.91 Å². The summed E-state index contributed by atoms with van der Waals surface area (Å²) in [6.07, 6.45) is 3.86. The van der Waals surface area contributed by atoms with Crippen molar-refractivity contribution in [2.45, 2.75) is 58.3 Å². The maximum atomic E-state index is 13.0. The molecule has 0 spiro atoms. The lowest BCUT2D eigenvalue weighted by molar-refractivity contribution is -0.119. The molecule has 0 unspecified atom stereocenters. The Labute approximate surface area is 205 Å². The van der Waals surface area contributed by atoms with Crippen molar-refractivity contribution in [2.24, 2.45) is 0 Å². The van der Waals surface area contributed by atoms with Gasteiger partial charge in [-0.2, -0.15) is 0 Å². The van der Waals surface area contributed by atoms with E-state index in [2.05, 4.69) is 5.32 Å². The van der Waals surface area contributed by atoms with Crippen LogP contribution in [0.2, 0.25) is 0 Å². The first-order valence-corrected chi connectivity index (χ1v) is 12.2. The maximum absolute atomic E-state index is 13.0. The molecule has 0 radical (unpaired) electrons. The van der Waals surface area contributed by atoms with Crippen LogP contribution in [0.5, 0.6) is 5.75 Å². The van der Waals surface area contributed by atoms with E-state index >= 15 is 0 Å². The van der Waals surface area contributed by atoms with Crippen molar-refractivity contribution in [1.82, 2.24) is 0 Å². The summed E-state index contributed by atoms with van der Waals surface area (Å²) in [4.78, 5) is 38.4. The summed E-state index contributed by atoms with van der Waals surface area (Å²) < 4.78 is 11.9. The van der Waals surface area contributed by atoms with Gasteiger partial charge in [0, 0.05) is 48.4 Å². The Morgan fingerprint density at radius 3 is 2.29 bits per heavy atom. The summed E-state index contributed by atoms with van der Waals surface area (Å²) in [7, 11) is 0. The van der Waals surface area contributed by atoms with Crippen LogP contribution in [0.15, 0.2) is 65.1 Å². The first-order chi connectivity index (χ1) is 16.9. The number of anilines is 1. The zero-order valence-electron chi connectivity index (χ0n) is 20.1. The van der Waals surface area contributed by atoms with Gasteiger partial charge in [-0.25, -0.2) is 0 Å². The number of carbonyl (C=O) groups is 3. The number of amides is 1. The Hall–Kier alpha value is -3.67. The Balaban J connectivity index is 1.38. The van der Waals surface area contributed by atoms with E-state index in [1.54, 1.807) is 6.07 Å². The van der Waals surface area contributed by atoms with Crippen molar-refractivity contribution in [3.8, 4) is 5.75 Å². The number of Topliss-reactive ketones (excluding diaryl/α,β-unsaturated/α-hetero) is 2. The van der Waals surface area contributed by atoms with Crippen LogP contribution in [-0.4, -0.2) is 24.1 Å². The van der Waals surface area contributed by atoms with E-state index < -0.39 is 5.92 Å². The van der Waals surface area contributed by atoms with Gasteiger partial charge in [-0.1, -0.05) is 29.8 Å². The number of ketones is 2.